The normalized spacial score (nSPS) is 14.7. The van der Waals surface area contributed by atoms with Crippen molar-refractivity contribution in [3.8, 4) is 0 Å². The van der Waals surface area contributed by atoms with Crippen LogP contribution in [0.1, 0.15) is 28.7 Å². The highest BCUT2D eigenvalue weighted by Crippen LogP contribution is 2.21. The molecule has 0 aliphatic carbocycles. The van der Waals surface area contributed by atoms with Crippen molar-refractivity contribution in [1.29, 1.82) is 0 Å². The number of H-pyrrole nitrogens is 1. The number of nitrogens with one attached hydrogen (secondary N) is 1. The van der Waals surface area contributed by atoms with Crippen molar-refractivity contribution < 1.29 is 13.9 Å². The van der Waals surface area contributed by atoms with Crippen LogP contribution in [0.3, 0.4) is 0 Å². The summed E-state index contributed by atoms with van der Waals surface area (Å²) in [5, 5.41) is 0. The van der Waals surface area contributed by atoms with Crippen LogP contribution in [0.2, 0.25) is 0 Å². The van der Waals surface area contributed by atoms with Gasteiger partial charge in [-0.15, -0.1) is 0 Å². The lowest BCUT2D eigenvalue weighted by atomic mass is 10.1. The van der Waals surface area contributed by atoms with Gasteiger partial charge in [-0.05, 0) is 24.6 Å². The second-order valence-corrected chi connectivity index (χ2v) is 7.46. The number of pyridine rings is 1. The summed E-state index contributed by atoms with van der Waals surface area (Å²) in [6.07, 6.45) is 2.17. The van der Waals surface area contributed by atoms with Crippen molar-refractivity contribution in [2.45, 2.75) is 19.9 Å². The minimum absolute atomic E-state index is 0.162. The van der Waals surface area contributed by atoms with Gasteiger partial charge in [-0.1, -0.05) is 13.0 Å². The molecule has 2 aromatic heterocycles. The van der Waals surface area contributed by atoms with Crippen molar-refractivity contribution in [2.24, 2.45) is 0 Å². The molecule has 1 aliphatic rings. The number of anilines is 1. The van der Waals surface area contributed by atoms with Crippen LogP contribution in [0.4, 0.5) is 10.1 Å². The number of aromatic nitrogens is 3. The summed E-state index contributed by atoms with van der Waals surface area (Å²) >= 11 is 0. The first kappa shape index (κ1) is 20.9. The molecule has 0 atom stereocenters. The predicted molar refractivity (Wildman–Crippen MR) is 115 cm³/mol. The van der Waals surface area contributed by atoms with Crippen molar-refractivity contribution in [2.75, 3.05) is 38.2 Å². The maximum atomic E-state index is 15.0. The van der Waals surface area contributed by atoms with Gasteiger partial charge in [0.15, 0.2) is 5.82 Å². The number of fused-ring (bicyclic) bond motifs is 1. The summed E-state index contributed by atoms with van der Waals surface area (Å²) in [4.78, 5) is 39.0. The predicted octanol–water partition coefficient (Wildman–Crippen LogP) is 2.13. The highest BCUT2D eigenvalue weighted by atomic mass is 19.1. The molecule has 1 saturated heterocycles. The molecule has 0 radical (unpaired) electrons. The van der Waals surface area contributed by atoms with Crippen LogP contribution in [0.25, 0.3) is 11.0 Å². The molecule has 0 unspecified atom stereocenters. The minimum Gasteiger partial charge on any atom is -0.464 e. The SMILES string of the molecule is CCc1nc2ccc(CN3CCN(c4ccc(C(=O)OC)nc4)CC3)c(F)c2[nH]c1=O. The lowest BCUT2D eigenvalue weighted by molar-refractivity contribution is 0.0594. The molecule has 0 bridgehead atoms. The van der Waals surface area contributed by atoms with E-state index in [1.165, 1.54) is 7.11 Å². The summed E-state index contributed by atoms with van der Waals surface area (Å²) < 4.78 is 19.7. The third-order valence-corrected chi connectivity index (χ3v) is 5.56. The third-order valence-electron chi connectivity index (χ3n) is 5.56. The Hall–Kier alpha value is -3.33. The zero-order valence-electron chi connectivity index (χ0n) is 17.5. The van der Waals surface area contributed by atoms with Gasteiger partial charge in [0, 0.05) is 38.3 Å². The van der Waals surface area contributed by atoms with Crippen molar-refractivity contribution in [3.63, 3.8) is 0 Å². The molecule has 0 spiro atoms. The number of hydrogen-bond acceptors (Lipinski definition) is 7. The average molecular weight is 425 g/mol. The second-order valence-electron chi connectivity index (χ2n) is 7.46. The van der Waals surface area contributed by atoms with Gasteiger partial charge in [0.1, 0.15) is 16.9 Å². The molecule has 3 heterocycles. The number of esters is 1. The first-order chi connectivity index (χ1) is 15.0. The van der Waals surface area contributed by atoms with E-state index in [1.807, 2.05) is 13.0 Å². The Kier molecular flexibility index (Phi) is 5.94. The summed E-state index contributed by atoms with van der Waals surface area (Å²) in [7, 11) is 1.33. The number of aromatic amines is 1. The molecular weight excluding hydrogens is 401 g/mol. The fourth-order valence-corrected chi connectivity index (χ4v) is 3.77. The van der Waals surface area contributed by atoms with Gasteiger partial charge >= 0.3 is 5.97 Å². The number of carbonyl (C=O) groups is 1. The fourth-order valence-electron chi connectivity index (χ4n) is 3.77. The van der Waals surface area contributed by atoms with Gasteiger partial charge in [-0.25, -0.2) is 19.2 Å². The Labute approximate surface area is 178 Å². The van der Waals surface area contributed by atoms with E-state index in [0.717, 1.165) is 31.9 Å². The van der Waals surface area contributed by atoms with Crippen molar-refractivity contribution in [3.05, 3.63) is 63.6 Å². The first-order valence-corrected chi connectivity index (χ1v) is 10.2. The lowest BCUT2D eigenvalue weighted by Crippen LogP contribution is -2.46. The summed E-state index contributed by atoms with van der Waals surface area (Å²) in [6, 6.07) is 7.00. The Morgan fingerprint density at radius 2 is 1.97 bits per heavy atom. The number of benzene rings is 1. The highest BCUT2D eigenvalue weighted by molar-refractivity contribution is 5.87. The molecule has 4 rings (SSSR count). The second kappa shape index (κ2) is 8.81. The van der Waals surface area contributed by atoms with E-state index in [9.17, 15) is 9.59 Å². The molecule has 31 heavy (non-hydrogen) atoms. The van der Waals surface area contributed by atoms with Gasteiger partial charge in [0.2, 0.25) is 0 Å². The van der Waals surface area contributed by atoms with Crippen LogP contribution in [0.5, 0.6) is 0 Å². The van der Waals surface area contributed by atoms with E-state index in [1.54, 1.807) is 24.4 Å². The molecule has 1 fully saturated rings. The Morgan fingerprint density at radius 3 is 2.61 bits per heavy atom. The molecule has 8 nitrogen and oxygen atoms in total. The van der Waals surface area contributed by atoms with E-state index in [4.69, 9.17) is 0 Å². The van der Waals surface area contributed by atoms with Crippen molar-refractivity contribution >= 4 is 22.7 Å². The molecule has 1 aromatic carbocycles. The molecule has 9 heteroatoms. The van der Waals surface area contributed by atoms with Crippen molar-refractivity contribution in [1.82, 2.24) is 19.9 Å². The van der Waals surface area contributed by atoms with Gasteiger partial charge < -0.3 is 14.6 Å². The molecular formula is C22H24FN5O3. The van der Waals surface area contributed by atoms with Gasteiger partial charge in [0.25, 0.3) is 5.56 Å². The van der Waals surface area contributed by atoms with Crippen LogP contribution in [0, 0.1) is 5.82 Å². The van der Waals surface area contributed by atoms with Gasteiger partial charge in [-0.2, -0.15) is 0 Å². The van der Waals surface area contributed by atoms with E-state index in [2.05, 4.69) is 29.5 Å². The Morgan fingerprint density at radius 1 is 1.19 bits per heavy atom. The number of nitrogens with zero attached hydrogens (tertiary/aromatic N) is 4. The van der Waals surface area contributed by atoms with E-state index in [0.29, 0.717) is 29.7 Å². The Balaban J connectivity index is 1.43. The molecule has 0 amide bonds. The maximum absolute atomic E-state index is 15.0. The summed E-state index contributed by atoms with van der Waals surface area (Å²) in [5.74, 6) is -0.883. The number of ether oxygens (including phenoxy) is 1. The quantitative estimate of drug-likeness (QED) is 0.626. The largest absolute Gasteiger partial charge is 0.464 e. The monoisotopic (exact) mass is 425 g/mol. The van der Waals surface area contributed by atoms with Gasteiger partial charge in [-0.3, -0.25) is 9.69 Å². The number of halogens is 1. The molecule has 0 saturated carbocycles. The summed E-state index contributed by atoms with van der Waals surface area (Å²) in [5.41, 5.74) is 2.43. The molecule has 3 aromatic rings. The van der Waals surface area contributed by atoms with E-state index < -0.39 is 11.8 Å². The number of piperazine rings is 1. The van der Waals surface area contributed by atoms with E-state index >= 15 is 4.39 Å². The van der Waals surface area contributed by atoms with Crippen LogP contribution in [-0.4, -0.2) is 59.1 Å². The number of methoxy groups -OCH3 is 1. The van der Waals surface area contributed by atoms with Crippen LogP contribution in [0.15, 0.2) is 35.3 Å². The van der Waals surface area contributed by atoms with Crippen LogP contribution in [-0.2, 0) is 17.7 Å². The summed E-state index contributed by atoms with van der Waals surface area (Å²) in [6.45, 7) is 5.31. The fraction of sp³-hybridized carbons (Fsp3) is 0.364. The number of rotatable bonds is 5. The minimum atomic E-state index is -0.462. The number of hydrogen-bond donors (Lipinski definition) is 1. The average Bonchev–Trinajstić information content (AvgIpc) is 2.81. The zero-order chi connectivity index (χ0) is 22.0. The maximum Gasteiger partial charge on any atom is 0.356 e. The molecule has 1 N–H and O–H groups in total. The smallest absolute Gasteiger partial charge is 0.356 e. The zero-order valence-corrected chi connectivity index (χ0v) is 17.5. The molecule has 1 aliphatic heterocycles. The first-order valence-electron chi connectivity index (χ1n) is 10.2. The third kappa shape index (κ3) is 4.27. The lowest BCUT2D eigenvalue weighted by Gasteiger charge is -2.36. The van der Waals surface area contributed by atoms with Crippen LogP contribution >= 0.6 is 0 Å². The molecule has 162 valence electrons. The van der Waals surface area contributed by atoms with Crippen LogP contribution < -0.4 is 10.5 Å². The van der Waals surface area contributed by atoms with E-state index in [-0.39, 0.29) is 16.8 Å². The number of aryl methyl sites for hydroxylation is 1. The van der Waals surface area contributed by atoms with Gasteiger partial charge in [0.05, 0.1) is 24.5 Å². The Bertz CT molecular complexity index is 1150. The standard InChI is InChI=1S/C22H24FN5O3/c1-3-16-21(29)26-20-17(25-16)6-4-14(19(20)23)13-27-8-10-28(11-9-27)15-5-7-18(24-12-15)22(30)31-2/h4-7,12H,3,8-11,13H2,1-2H3,(H,26,29). The highest BCUT2D eigenvalue weighted by Gasteiger charge is 2.20. The number of carbonyl (C=O) groups excluding carboxylic acids is 1. The topological polar surface area (TPSA) is 91.4 Å².